The number of piperazine rings is 1. The number of nitriles is 1. The van der Waals surface area contributed by atoms with Gasteiger partial charge < -0.3 is 10.2 Å². The first kappa shape index (κ1) is 19.6. The highest BCUT2D eigenvalue weighted by molar-refractivity contribution is 5.99. The molecular weight excluding hydrogens is 393 g/mol. The van der Waals surface area contributed by atoms with Gasteiger partial charge in [-0.1, -0.05) is 6.58 Å². The highest BCUT2D eigenvalue weighted by Gasteiger charge is 2.35. The Morgan fingerprint density at radius 1 is 1.13 bits per heavy atom. The van der Waals surface area contributed by atoms with Crippen LogP contribution < -0.4 is 10.2 Å². The van der Waals surface area contributed by atoms with E-state index in [4.69, 9.17) is 10.3 Å². The summed E-state index contributed by atoms with van der Waals surface area (Å²) in [5, 5.41) is 12.2. The number of benzene rings is 1. The third kappa shape index (κ3) is 3.89. The number of nitrogens with one attached hydrogen (secondary N) is 1. The van der Waals surface area contributed by atoms with Crippen molar-refractivity contribution >= 4 is 23.2 Å². The van der Waals surface area contributed by atoms with Crippen molar-refractivity contribution < 1.29 is 4.39 Å². The molecule has 0 bridgehead atoms. The first-order chi connectivity index (χ1) is 15.1. The van der Waals surface area contributed by atoms with Crippen molar-refractivity contribution in [2.75, 3.05) is 31.1 Å². The van der Waals surface area contributed by atoms with Crippen LogP contribution in [-0.2, 0) is 0 Å². The van der Waals surface area contributed by atoms with Crippen LogP contribution in [0.5, 0.6) is 0 Å². The van der Waals surface area contributed by atoms with Crippen LogP contribution in [0.2, 0.25) is 0 Å². The lowest BCUT2D eigenvalue weighted by Crippen LogP contribution is -2.50. The normalized spacial score (nSPS) is 23.7. The molecular formula is C23H24FN7. The number of rotatable bonds is 3. The monoisotopic (exact) mass is 417 g/mol. The number of amidine groups is 1. The van der Waals surface area contributed by atoms with Gasteiger partial charge in [0.1, 0.15) is 17.7 Å². The van der Waals surface area contributed by atoms with Crippen molar-refractivity contribution in [2.24, 2.45) is 10.9 Å². The minimum atomic E-state index is -0.271. The third-order valence-corrected chi connectivity index (χ3v) is 6.48. The predicted octanol–water partition coefficient (Wildman–Crippen LogP) is 3.08. The number of hydrogen-bond acceptors (Lipinski definition) is 7. The second-order valence-corrected chi connectivity index (χ2v) is 8.33. The largest absolute Gasteiger partial charge is 0.343 e. The zero-order valence-corrected chi connectivity index (χ0v) is 17.3. The molecule has 2 aromatic rings. The zero-order valence-electron chi connectivity index (χ0n) is 17.3. The summed E-state index contributed by atoms with van der Waals surface area (Å²) in [4.78, 5) is 18.1. The molecule has 0 unspecified atom stereocenters. The summed E-state index contributed by atoms with van der Waals surface area (Å²) in [7, 11) is 0. The van der Waals surface area contributed by atoms with Gasteiger partial charge in [0.05, 0.1) is 23.6 Å². The van der Waals surface area contributed by atoms with E-state index >= 15 is 0 Å². The molecule has 1 saturated carbocycles. The summed E-state index contributed by atoms with van der Waals surface area (Å²) >= 11 is 0. The number of nitrogens with zero attached hydrogens (tertiary/aromatic N) is 6. The fraction of sp³-hybridized carbons (Fsp3) is 0.391. The molecule has 1 aromatic heterocycles. The molecule has 2 aliphatic heterocycles. The number of fused-ring (bicyclic) bond motifs is 1. The molecule has 1 saturated heterocycles. The fourth-order valence-electron chi connectivity index (χ4n) is 4.79. The van der Waals surface area contributed by atoms with Crippen molar-refractivity contribution in [3.63, 3.8) is 0 Å². The summed E-state index contributed by atoms with van der Waals surface area (Å²) in [5.74, 6) is 1.74. The smallest absolute Gasteiger partial charge is 0.225 e. The number of anilines is 1. The van der Waals surface area contributed by atoms with Crippen molar-refractivity contribution in [2.45, 2.75) is 25.3 Å². The van der Waals surface area contributed by atoms with Gasteiger partial charge in [-0.3, -0.25) is 4.90 Å². The highest BCUT2D eigenvalue weighted by atomic mass is 19.1. The Morgan fingerprint density at radius 3 is 2.65 bits per heavy atom. The standard InChI is InChI=1S/C23H24FN7/c1-15-20-11-18(24)3-5-21(20)29-22(28-15)17-2-4-19(10-17)30-6-8-31(9-7-30)23-26-13-16(12-25)14-27-23/h3,5,11,13-14,17,19H,1-2,4,6-10H2,(H,28,29)/t17-,19+/m1/s1. The molecule has 31 heavy (non-hydrogen) atoms. The lowest BCUT2D eigenvalue weighted by molar-refractivity contribution is 0.185. The van der Waals surface area contributed by atoms with Crippen LogP contribution >= 0.6 is 0 Å². The van der Waals surface area contributed by atoms with Gasteiger partial charge in [-0.25, -0.2) is 19.4 Å². The van der Waals surface area contributed by atoms with Crippen LogP contribution in [0.3, 0.4) is 0 Å². The van der Waals surface area contributed by atoms with Gasteiger partial charge in [0.15, 0.2) is 0 Å². The van der Waals surface area contributed by atoms with E-state index in [-0.39, 0.29) is 5.82 Å². The van der Waals surface area contributed by atoms with Crippen molar-refractivity contribution in [1.82, 2.24) is 20.2 Å². The summed E-state index contributed by atoms with van der Waals surface area (Å²) in [6.45, 7) is 7.76. The molecule has 1 aliphatic carbocycles. The number of halogens is 1. The number of aliphatic imine (C=N–C) groups is 1. The molecule has 0 spiro atoms. The first-order valence-electron chi connectivity index (χ1n) is 10.7. The van der Waals surface area contributed by atoms with Crippen LogP contribution in [0, 0.1) is 23.1 Å². The van der Waals surface area contributed by atoms with Gasteiger partial charge in [0, 0.05) is 49.4 Å². The molecule has 158 valence electrons. The van der Waals surface area contributed by atoms with Gasteiger partial charge in [0.25, 0.3) is 0 Å². The van der Waals surface area contributed by atoms with E-state index in [9.17, 15) is 4.39 Å². The molecule has 2 atom stereocenters. The maximum absolute atomic E-state index is 13.5. The summed E-state index contributed by atoms with van der Waals surface area (Å²) < 4.78 is 13.5. The Morgan fingerprint density at radius 2 is 1.90 bits per heavy atom. The first-order valence-corrected chi connectivity index (χ1v) is 10.7. The molecule has 0 radical (unpaired) electrons. The van der Waals surface area contributed by atoms with Crippen LogP contribution in [-0.4, -0.2) is 52.9 Å². The molecule has 8 heteroatoms. The Kier molecular flexibility index (Phi) is 5.12. The van der Waals surface area contributed by atoms with E-state index in [1.54, 1.807) is 18.5 Å². The molecule has 7 nitrogen and oxygen atoms in total. The third-order valence-electron chi connectivity index (χ3n) is 6.48. The van der Waals surface area contributed by atoms with E-state index in [1.165, 1.54) is 12.1 Å². The minimum absolute atomic E-state index is 0.271. The van der Waals surface area contributed by atoms with Crippen LogP contribution in [0.25, 0.3) is 5.70 Å². The number of hydrogen-bond donors (Lipinski definition) is 1. The van der Waals surface area contributed by atoms with E-state index in [0.717, 1.165) is 68.2 Å². The molecule has 2 fully saturated rings. The van der Waals surface area contributed by atoms with Gasteiger partial charge in [-0.2, -0.15) is 5.26 Å². The summed E-state index contributed by atoms with van der Waals surface area (Å²) in [6.07, 6.45) is 6.44. The van der Waals surface area contributed by atoms with Crippen LogP contribution in [0.1, 0.15) is 30.4 Å². The zero-order chi connectivity index (χ0) is 21.4. The van der Waals surface area contributed by atoms with Gasteiger partial charge in [0.2, 0.25) is 5.95 Å². The molecule has 0 amide bonds. The quantitative estimate of drug-likeness (QED) is 0.827. The Hall–Kier alpha value is -3.31. The molecule has 1 aromatic carbocycles. The minimum Gasteiger partial charge on any atom is -0.343 e. The van der Waals surface area contributed by atoms with E-state index in [0.29, 0.717) is 23.5 Å². The van der Waals surface area contributed by atoms with Gasteiger partial charge >= 0.3 is 0 Å². The van der Waals surface area contributed by atoms with E-state index < -0.39 is 0 Å². The fourth-order valence-corrected chi connectivity index (χ4v) is 4.79. The number of aromatic nitrogens is 2. The van der Waals surface area contributed by atoms with Crippen molar-refractivity contribution in [1.29, 1.82) is 5.26 Å². The van der Waals surface area contributed by atoms with Crippen LogP contribution in [0.15, 0.2) is 42.2 Å². The Bertz CT molecular complexity index is 1060. The SMILES string of the molecule is C=C1NC([C@@H]2CC[C@H](N3CCN(c4ncc(C#N)cn4)CC3)C2)=Nc2ccc(F)cc21. The average molecular weight is 417 g/mol. The van der Waals surface area contributed by atoms with Gasteiger partial charge in [-0.15, -0.1) is 0 Å². The summed E-state index contributed by atoms with van der Waals surface area (Å²) in [5.41, 5.74) is 2.73. The molecule has 5 rings (SSSR count). The van der Waals surface area contributed by atoms with Crippen LogP contribution in [0.4, 0.5) is 16.0 Å². The van der Waals surface area contributed by atoms with Gasteiger partial charge in [-0.05, 0) is 37.5 Å². The maximum atomic E-state index is 13.5. The second kappa shape index (κ2) is 8.08. The van der Waals surface area contributed by atoms with E-state index in [1.807, 2.05) is 0 Å². The van der Waals surface area contributed by atoms with Crippen molar-refractivity contribution in [3.8, 4) is 6.07 Å². The maximum Gasteiger partial charge on any atom is 0.225 e. The predicted molar refractivity (Wildman–Crippen MR) is 117 cm³/mol. The Balaban J connectivity index is 1.20. The lowest BCUT2D eigenvalue weighted by atomic mass is 10.0. The van der Waals surface area contributed by atoms with Crippen molar-refractivity contribution in [3.05, 3.63) is 54.1 Å². The molecule has 3 aliphatic rings. The Labute approximate surface area is 180 Å². The molecule has 3 heterocycles. The summed E-state index contributed by atoms with van der Waals surface area (Å²) in [6, 6.07) is 7.25. The topological polar surface area (TPSA) is 80.4 Å². The lowest BCUT2D eigenvalue weighted by Gasteiger charge is -2.38. The van der Waals surface area contributed by atoms with E-state index in [2.05, 4.69) is 37.7 Å². The average Bonchev–Trinajstić information content (AvgIpc) is 3.30. The highest BCUT2D eigenvalue weighted by Crippen LogP contribution is 2.35. The molecule has 1 N–H and O–H groups in total. The second-order valence-electron chi connectivity index (χ2n) is 8.33.